The topological polar surface area (TPSA) is 74.7 Å². The summed E-state index contributed by atoms with van der Waals surface area (Å²) in [5.41, 5.74) is 2.41. The molecule has 1 saturated carbocycles. The molecule has 8 nitrogen and oxygen atoms in total. The first-order valence-corrected chi connectivity index (χ1v) is 11.3. The number of anilines is 1. The molecular weight excluding hydrogens is 392 g/mol. The summed E-state index contributed by atoms with van der Waals surface area (Å²) < 4.78 is 5.14. The van der Waals surface area contributed by atoms with Crippen LogP contribution >= 0.6 is 0 Å². The van der Waals surface area contributed by atoms with Gasteiger partial charge in [-0.2, -0.15) is 0 Å². The molecule has 1 amide bonds. The number of carbonyl (C=O) groups is 1. The van der Waals surface area contributed by atoms with Crippen LogP contribution in [0, 0.1) is 5.41 Å². The summed E-state index contributed by atoms with van der Waals surface area (Å²) in [6, 6.07) is 4.69. The molecule has 8 heteroatoms. The Balaban J connectivity index is 1.18. The number of likely N-dealkylation sites (tertiary alicyclic amines) is 1. The van der Waals surface area contributed by atoms with Gasteiger partial charge in [-0.3, -0.25) is 4.90 Å². The fourth-order valence-electron chi connectivity index (χ4n) is 5.49. The lowest BCUT2D eigenvalue weighted by Gasteiger charge is -2.48. The van der Waals surface area contributed by atoms with E-state index in [0.29, 0.717) is 18.1 Å². The third-order valence-electron chi connectivity index (χ3n) is 7.04. The second kappa shape index (κ2) is 8.42. The van der Waals surface area contributed by atoms with E-state index in [2.05, 4.69) is 30.8 Å². The molecular formula is C23H30N6O2. The monoisotopic (exact) mass is 422 g/mol. The predicted octanol–water partition coefficient (Wildman–Crippen LogP) is 2.67. The Morgan fingerprint density at radius 2 is 1.97 bits per heavy atom. The highest BCUT2D eigenvalue weighted by Gasteiger charge is 2.51. The highest BCUT2D eigenvalue weighted by Crippen LogP contribution is 2.47. The Morgan fingerprint density at radius 1 is 1.19 bits per heavy atom. The van der Waals surface area contributed by atoms with E-state index in [1.54, 1.807) is 6.33 Å². The smallest absolute Gasteiger partial charge is 0.409 e. The summed E-state index contributed by atoms with van der Waals surface area (Å²) in [7, 11) is 0. The molecule has 0 bridgehead atoms. The van der Waals surface area contributed by atoms with Crippen LogP contribution in [0.3, 0.4) is 0 Å². The van der Waals surface area contributed by atoms with Crippen LogP contribution in [0.4, 0.5) is 10.6 Å². The van der Waals surface area contributed by atoms with Crippen molar-refractivity contribution < 1.29 is 9.53 Å². The largest absolute Gasteiger partial charge is 0.450 e. The average Bonchev–Trinajstić information content (AvgIpc) is 3.25. The molecule has 1 aliphatic carbocycles. The van der Waals surface area contributed by atoms with Gasteiger partial charge in [-0.1, -0.05) is 0 Å². The van der Waals surface area contributed by atoms with Gasteiger partial charge in [0, 0.05) is 80.4 Å². The van der Waals surface area contributed by atoms with Crippen LogP contribution in [-0.4, -0.2) is 82.8 Å². The van der Waals surface area contributed by atoms with Crippen molar-refractivity contribution in [2.24, 2.45) is 5.41 Å². The molecule has 4 heterocycles. The lowest BCUT2D eigenvalue weighted by Crippen LogP contribution is -2.58. The summed E-state index contributed by atoms with van der Waals surface area (Å²) in [4.78, 5) is 31.8. The maximum atomic E-state index is 11.9. The number of piperazine rings is 1. The molecule has 2 saturated heterocycles. The van der Waals surface area contributed by atoms with Gasteiger partial charge < -0.3 is 14.5 Å². The summed E-state index contributed by atoms with van der Waals surface area (Å²) in [5, 5.41) is 0. The first-order valence-electron chi connectivity index (χ1n) is 11.3. The van der Waals surface area contributed by atoms with Gasteiger partial charge in [0.15, 0.2) is 0 Å². The zero-order valence-corrected chi connectivity index (χ0v) is 18.1. The number of aromatic nitrogens is 3. The van der Waals surface area contributed by atoms with Crippen molar-refractivity contribution in [2.75, 3.05) is 50.8 Å². The van der Waals surface area contributed by atoms with Crippen LogP contribution in [0.1, 0.15) is 26.2 Å². The second-order valence-corrected chi connectivity index (χ2v) is 8.98. The average molecular weight is 423 g/mol. The number of pyridine rings is 1. The zero-order chi connectivity index (χ0) is 21.3. The van der Waals surface area contributed by atoms with Gasteiger partial charge in [-0.15, -0.1) is 0 Å². The molecule has 2 aromatic rings. The standard InChI is InChI=1S/C23H30N6O2/c1-2-31-22(30)29-15-23(16-29)6-5-19(12-23)27-8-10-28(11-9-27)21-20(4-3-7-26-21)18-13-24-17-25-14-18/h3-4,7,13-14,17,19H,2,5-6,8-12,15-16H2,1H3. The maximum absolute atomic E-state index is 11.9. The predicted molar refractivity (Wildman–Crippen MR) is 118 cm³/mol. The Labute approximate surface area is 183 Å². The molecule has 0 radical (unpaired) electrons. The van der Waals surface area contributed by atoms with Crippen LogP contribution in [0.25, 0.3) is 11.1 Å². The van der Waals surface area contributed by atoms with E-state index >= 15 is 0 Å². The van der Waals surface area contributed by atoms with Crippen LogP contribution in [0.2, 0.25) is 0 Å². The molecule has 0 N–H and O–H groups in total. The molecule has 2 aliphatic heterocycles. The Kier molecular flexibility index (Phi) is 5.48. The van der Waals surface area contributed by atoms with Crippen molar-refractivity contribution in [2.45, 2.75) is 32.2 Å². The van der Waals surface area contributed by atoms with E-state index in [1.165, 1.54) is 19.3 Å². The number of carbonyl (C=O) groups excluding carboxylic acids is 1. The first kappa shape index (κ1) is 20.2. The van der Waals surface area contributed by atoms with Crippen molar-refractivity contribution >= 4 is 11.9 Å². The maximum Gasteiger partial charge on any atom is 0.409 e. The van der Waals surface area contributed by atoms with Gasteiger partial charge in [0.25, 0.3) is 0 Å². The van der Waals surface area contributed by atoms with Gasteiger partial charge in [-0.25, -0.2) is 19.7 Å². The number of rotatable bonds is 4. The van der Waals surface area contributed by atoms with Crippen molar-refractivity contribution in [3.05, 3.63) is 37.1 Å². The van der Waals surface area contributed by atoms with Gasteiger partial charge in [0.05, 0.1) is 6.61 Å². The van der Waals surface area contributed by atoms with Gasteiger partial charge in [-0.05, 0) is 38.3 Å². The Morgan fingerprint density at radius 3 is 2.71 bits per heavy atom. The van der Waals surface area contributed by atoms with Gasteiger partial charge in [0.1, 0.15) is 12.1 Å². The first-order chi connectivity index (χ1) is 15.2. The number of hydrogen-bond acceptors (Lipinski definition) is 7. The highest BCUT2D eigenvalue weighted by molar-refractivity contribution is 5.74. The third kappa shape index (κ3) is 3.96. The fourth-order valence-corrected chi connectivity index (χ4v) is 5.49. The van der Waals surface area contributed by atoms with Crippen molar-refractivity contribution in [1.82, 2.24) is 24.8 Å². The van der Waals surface area contributed by atoms with Crippen LogP contribution in [0.15, 0.2) is 37.1 Å². The van der Waals surface area contributed by atoms with Crippen molar-refractivity contribution in [3.8, 4) is 11.1 Å². The summed E-state index contributed by atoms with van der Waals surface area (Å²) in [6.07, 6.45) is 10.6. The second-order valence-electron chi connectivity index (χ2n) is 8.98. The molecule has 0 aromatic carbocycles. The lowest BCUT2D eigenvalue weighted by atomic mass is 9.78. The molecule has 3 fully saturated rings. The molecule has 2 aromatic heterocycles. The van der Waals surface area contributed by atoms with Crippen molar-refractivity contribution in [1.29, 1.82) is 0 Å². The zero-order valence-electron chi connectivity index (χ0n) is 18.1. The van der Waals surface area contributed by atoms with E-state index in [-0.39, 0.29) is 6.09 Å². The summed E-state index contributed by atoms with van der Waals surface area (Å²) >= 11 is 0. The van der Waals surface area contributed by atoms with E-state index in [1.807, 2.05) is 36.5 Å². The number of amides is 1. The molecule has 1 unspecified atom stereocenters. The molecule has 3 aliphatic rings. The highest BCUT2D eigenvalue weighted by atomic mass is 16.6. The van der Waals surface area contributed by atoms with Crippen molar-refractivity contribution in [3.63, 3.8) is 0 Å². The molecule has 1 atom stereocenters. The van der Waals surface area contributed by atoms with E-state index in [9.17, 15) is 4.79 Å². The van der Waals surface area contributed by atoms with Gasteiger partial charge >= 0.3 is 6.09 Å². The number of hydrogen-bond donors (Lipinski definition) is 0. The Hall–Kier alpha value is -2.74. The summed E-state index contributed by atoms with van der Waals surface area (Å²) in [6.45, 7) is 8.06. The molecule has 1 spiro atoms. The minimum Gasteiger partial charge on any atom is -0.450 e. The fraction of sp³-hybridized carbons (Fsp3) is 0.565. The van der Waals surface area contributed by atoms with Crippen LogP contribution in [0.5, 0.6) is 0 Å². The molecule has 5 rings (SSSR count). The SMILES string of the molecule is CCOC(=O)N1CC2(CCC(N3CCN(c4ncccc4-c4cncnc4)CC3)C2)C1. The van der Waals surface area contributed by atoms with E-state index in [0.717, 1.165) is 56.2 Å². The Bertz CT molecular complexity index is 909. The van der Waals surface area contributed by atoms with E-state index in [4.69, 9.17) is 4.74 Å². The summed E-state index contributed by atoms with van der Waals surface area (Å²) in [5.74, 6) is 1.02. The minimum atomic E-state index is -0.153. The quantitative estimate of drug-likeness (QED) is 0.750. The molecule has 31 heavy (non-hydrogen) atoms. The lowest BCUT2D eigenvalue weighted by molar-refractivity contribution is -0.00294. The third-order valence-corrected chi connectivity index (χ3v) is 7.04. The number of ether oxygens (including phenoxy) is 1. The normalized spacial score (nSPS) is 23.1. The molecule has 164 valence electrons. The van der Waals surface area contributed by atoms with Crippen LogP contribution in [-0.2, 0) is 4.74 Å². The van der Waals surface area contributed by atoms with Crippen LogP contribution < -0.4 is 4.90 Å². The van der Waals surface area contributed by atoms with Gasteiger partial charge in [0.2, 0.25) is 0 Å². The number of nitrogens with zero attached hydrogens (tertiary/aromatic N) is 6. The minimum absolute atomic E-state index is 0.153. The van der Waals surface area contributed by atoms with E-state index < -0.39 is 0 Å².